The number of hydrogen-bond donors (Lipinski definition) is 1. The summed E-state index contributed by atoms with van der Waals surface area (Å²) in [5.74, 6) is -0.656. The van der Waals surface area contributed by atoms with Gasteiger partial charge in [-0.1, -0.05) is 13.5 Å². The van der Waals surface area contributed by atoms with Crippen LogP contribution in [0.25, 0.3) is 0 Å². The number of rotatable bonds is 8. The molecule has 0 aliphatic heterocycles. The molecule has 0 fully saturated rings. The second-order valence-corrected chi connectivity index (χ2v) is 4.08. The van der Waals surface area contributed by atoms with Crippen LogP contribution in [0.3, 0.4) is 0 Å². The summed E-state index contributed by atoms with van der Waals surface area (Å²) in [4.78, 5) is 10.2. The van der Waals surface area contributed by atoms with Crippen LogP contribution < -0.4 is 10.1 Å². The second kappa shape index (κ2) is 7.48. The number of halogens is 1. The van der Waals surface area contributed by atoms with E-state index in [1.54, 1.807) is 0 Å². The average Bonchev–Trinajstić information content (AvgIpc) is 2.36. The van der Waals surface area contributed by atoms with Crippen molar-refractivity contribution in [1.82, 2.24) is 5.32 Å². The standard InChI is InChI=1S/C13H17FN2O3/c1-3-6-15-8-10(2)9-19-13-7-11(14)4-5-12(13)16(17)18/h4-5,7,15H,2-3,6,8-9H2,1H3. The minimum Gasteiger partial charge on any atom is -0.482 e. The largest absolute Gasteiger partial charge is 0.482 e. The first-order valence-electron chi connectivity index (χ1n) is 5.98. The molecule has 5 nitrogen and oxygen atoms in total. The van der Waals surface area contributed by atoms with Gasteiger partial charge in [-0.05, 0) is 24.6 Å². The quantitative estimate of drug-likeness (QED) is 0.341. The third-order valence-electron chi connectivity index (χ3n) is 2.35. The van der Waals surface area contributed by atoms with Gasteiger partial charge in [0.2, 0.25) is 0 Å². The fourth-order valence-corrected chi connectivity index (χ4v) is 1.43. The van der Waals surface area contributed by atoms with Gasteiger partial charge in [-0.15, -0.1) is 0 Å². The predicted octanol–water partition coefficient (Wildman–Crippen LogP) is 2.67. The van der Waals surface area contributed by atoms with E-state index in [0.29, 0.717) is 6.54 Å². The van der Waals surface area contributed by atoms with Crippen molar-refractivity contribution in [3.63, 3.8) is 0 Å². The summed E-state index contributed by atoms with van der Waals surface area (Å²) < 4.78 is 18.3. The zero-order valence-corrected chi connectivity index (χ0v) is 10.8. The van der Waals surface area contributed by atoms with E-state index in [-0.39, 0.29) is 18.0 Å². The van der Waals surface area contributed by atoms with E-state index >= 15 is 0 Å². The van der Waals surface area contributed by atoms with E-state index in [1.165, 1.54) is 0 Å². The fraction of sp³-hybridized carbons (Fsp3) is 0.385. The zero-order valence-electron chi connectivity index (χ0n) is 10.8. The molecule has 0 atom stereocenters. The SMILES string of the molecule is C=C(CNCCC)COc1cc(F)ccc1[N+](=O)[O-]. The van der Waals surface area contributed by atoms with Gasteiger partial charge in [0.15, 0.2) is 5.75 Å². The van der Waals surface area contributed by atoms with E-state index < -0.39 is 10.7 Å². The Morgan fingerprint density at radius 2 is 2.32 bits per heavy atom. The van der Waals surface area contributed by atoms with Crippen LogP contribution in [0.5, 0.6) is 5.75 Å². The van der Waals surface area contributed by atoms with Crippen LogP contribution in [0, 0.1) is 15.9 Å². The first kappa shape index (κ1) is 15.1. The van der Waals surface area contributed by atoms with Crippen LogP contribution in [0.4, 0.5) is 10.1 Å². The zero-order chi connectivity index (χ0) is 14.3. The van der Waals surface area contributed by atoms with Crippen LogP contribution >= 0.6 is 0 Å². The number of benzene rings is 1. The number of hydrogen-bond acceptors (Lipinski definition) is 4. The molecule has 0 amide bonds. The van der Waals surface area contributed by atoms with Gasteiger partial charge in [0.25, 0.3) is 0 Å². The van der Waals surface area contributed by atoms with Crippen molar-refractivity contribution in [2.45, 2.75) is 13.3 Å². The highest BCUT2D eigenvalue weighted by molar-refractivity contribution is 5.46. The summed E-state index contributed by atoms with van der Waals surface area (Å²) in [6.45, 7) is 7.37. The van der Waals surface area contributed by atoms with Crippen molar-refractivity contribution in [3.05, 3.63) is 46.3 Å². The number of nitro benzene ring substituents is 1. The van der Waals surface area contributed by atoms with E-state index in [4.69, 9.17) is 4.74 Å². The lowest BCUT2D eigenvalue weighted by molar-refractivity contribution is -0.385. The lowest BCUT2D eigenvalue weighted by Crippen LogP contribution is -2.20. The molecule has 1 rings (SSSR count). The topological polar surface area (TPSA) is 64.4 Å². The maximum atomic E-state index is 13.0. The van der Waals surface area contributed by atoms with Crippen molar-refractivity contribution in [2.75, 3.05) is 19.7 Å². The van der Waals surface area contributed by atoms with Crippen molar-refractivity contribution in [3.8, 4) is 5.75 Å². The second-order valence-electron chi connectivity index (χ2n) is 4.08. The Morgan fingerprint density at radius 3 is 2.95 bits per heavy atom. The van der Waals surface area contributed by atoms with E-state index in [1.807, 2.05) is 6.92 Å². The molecule has 0 aliphatic rings. The molecule has 104 valence electrons. The molecule has 0 spiro atoms. The fourth-order valence-electron chi connectivity index (χ4n) is 1.43. The van der Waals surface area contributed by atoms with E-state index in [9.17, 15) is 14.5 Å². The Balaban J connectivity index is 2.59. The maximum Gasteiger partial charge on any atom is 0.311 e. The van der Waals surface area contributed by atoms with Crippen molar-refractivity contribution in [1.29, 1.82) is 0 Å². The third kappa shape index (κ3) is 5.05. The molecule has 19 heavy (non-hydrogen) atoms. The normalized spacial score (nSPS) is 10.2. The van der Waals surface area contributed by atoms with Crippen LogP contribution in [-0.2, 0) is 0 Å². The number of nitro groups is 1. The Hall–Kier alpha value is -1.95. The molecule has 0 aromatic heterocycles. The van der Waals surface area contributed by atoms with Crippen LogP contribution in [0.15, 0.2) is 30.4 Å². The molecule has 1 N–H and O–H groups in total. The highest BCUT2D eigenvalue weighted by Crippen LogP contribution is 2.27. The summed E-state index contributed by atoms with van der Waals surface area (Å²) in [6.07, 6.45) is 1.00. The maximum absolute atomic E-state index is 13.0. The molecule has 0 aliphatic carbocycles. The van der Waals surface area contributed by atoms with Gasteiger partial charge in [-0.25, -0.2) is 4.39 Å². The summed E-state index contributed by atoms with van der Waals surface area (Å²) in [5.41, 5.74) is 0.489. The molecule has 0 bridgehead atoms. The van der Waals surface area contributed by atoms with Crippen LogP contribution in [-0.4, -0.2) is 24.6 Å². The molecule has 0 heterocycles. The number of ether oxygens (including phenoxy) is 1. The predicted molar refractivity (Wildman–Crippen MR) is 70.9 cm³/mol. The Kier molecular flexibility index (Phi) is 5.95. The average molecular weight is 268 g/mol. The summed E-state index contributed by atoms with van der Waals surface area (Å²) >= 11 is 0. The van der Waals surface area contributed by atoms with Gasteiger partial charge in [0.1, 0.15) is 12.4 Å². The van der Waals surface area contributed by atoms with E-state index in [2.05, 4.69) is 11.9 Å². The van der Waals surface area contributed by atoms with Gasteiger partial charge in [0.05, 0.1) is 4.92 Å². The Bertz CT molecular complexity index is 463. The lowest BCUT2D eigenvalue weighted by atomic mass is 10.2. The highest BCUT2D eigenvalue weighted by Gasteiger charge is 2.15. The molecule has 0 unspecified atom stereocenters. The van der Waals surface area contributed by atoms with Crippen molar-refractivity contribution in [2.24, 2.45) is 0 Å². The van der Waals surface area contributed by atoms with Crippen LogP contribution in [0.2, 0.25) is 0 Å². The third-order valence-corrected chi connectivity index (χ3v) is 2.35. The van der Waals surface area contributed by atoms with E-state index in [0.717, 1.165) is 36.7 Å². The summed E-state index contributed by atoms with van der Waals surface area (Å²) in [5, 5.41) is 13.9. The first-order valence-corrected chi connectivity index (χ1v) is 5.98. The van der Waals surface area contributed by atoms with Gasteiger partial charge >= 0.3 is 5.69 Å². The minimum atomic E-state index is -0.604. The Morgan fingerprint density at radius 1 is 1.58 bits per heavy atom. The molecule has 0 radical (unpaired) electrons. The molecule has 1 aromatic carbocycles. The Labute approximate surface area is 111 Å². The summed E-state index contributed by atoms with van der Waals surface area (Å²) in [7, 11) is 0. The molecular weight excluding hydrogens is 251 g/mol. The molecule has 6 heteroatoms. The molecular formula is C13H17FN2O3. The van der Waals surface area contributed by atoms with Crippen LogP contribution in [0.1, 0.15) is 13.3 Å². The molecule has 1 aromatic rings. The molecule has 0 saturated carbocycles. The van der Waals surface area contributed by atoms with Gasteiger partial charge in [-0.3, -0.25) is 10.1 Å². The van der Waals surface area contributed by atoms with Crippen molar-refractivity contribution < 1.29 is 14.1 Å². The van der Waals surface area contributed by atoms with Gasteiger partial charge < -0.3 is 10.1 Å². The lowest BCUT2D eigenvalue weighted by Gasteiger charge is -2.09. The number of nitrogens with one attached hydrogen (secondary N) is 1. The monoisotopic (exact) mass is 268 g/mol. The van der Waals surface area contributed by atoms with Crippen molar-refractivity contribution >= 4 is 5.69 Å². The van der Waals surface area contributed by atoms with Gasteiger partial charge in [0, 0.05) is 18.7 Å². The summed E-state index contributed by atoms with van der Waals surface area (Å²) in [6, 6.07) is 3.12. The highest BCUT2D eigenvalue weighted by atomic mass is 19.1. The smallest absolute Gasteiger partial charge is 0.311 e. The first-order chi connectivity index (χ1) is 9.04. The number of nitrogens with zero attached hydrogens (tertiary/aromatic N) is 1. The molecule has 0 saturated heterocycles. The van der Waals surface area contributed by atoms with Gasteiger partial charge in [-0.2, -0.15) is 0 Å². The minimum absolute atomic E-state index is 0.0818.